The average molecular weight is 313 g/mol. The number of halogens is 1. The summed E-state index contributed by atoms with van der Waals surface area (Å²) in [6, 6.07) is 3.56. The first kappa shape index (κ1) is 16.0. The predicted molar refractivity (Wildman–Crippen MR) is 75.8 cm³/mol. The molecule has 0 radical (unpaired) electrons. The van der Waals surface area contributed by atoms with Crippen molar-refractivity contribution in [1.82, 2.24) is 5.32 Å². The number of rotatable bonds is 4. The largest absolute Gasteiger partial charge is 0.493 e. The fraction of sp³-hybridized carbons (Fsp3) is 0.500. The molecule has 1 aliphatic heterocycles. The van der Waals surface area contributed by atoms with Gasteiger partial charge in [-0.2, -0.15) is 5.26 Å². The van der Waals surface area contributed by atoms with Crippen LogP contribution in [0.5, 0.6) is 5.75 Å². The Morgan fingerprint density at radius 1 is 1.67 bits per heavy atom. The van der Waals surface area contributed by atoms with Gasteiger partial charge in [-0.05, 0) is 19.9 Å². The van der Waals surface area contributed by atoms with E-state index < -0.39 is 18.6 Å². The zero-order valence-corrected chi connectivity index (χ0v) is 12.5. The second kappa shape index (κ2) is 6.60. The molecule has 1 fully saturated rings. The quantitative estimate of drug-likeness (QED) is 0.781. The summed E-state index contributed by atoms with van der Waals surface area (Å²) in [5.74, 6) is 0.384. The lowest BCUT2D eigenvalue weighted by Gasteiger charge is -2.22. The highest BCUT2D eigenvalue weighted by molar-refractivity contribution is 6.32. The van der Waals surface area contributed by atoms with Crippen LogP contribution in [-0.4, -0.2) is 29.8 Å². The van der Waals surface area contributed by atoms with Crippen molar-refractivity contribution >= 4 is 11.6 Å². The average Bonchev–Trinajstić information content (AvgIpc) is 2.86. The molecule has 1 aromatic rings. The summed E-state index contributed by atoms with van der Waals surface area (Å²) < 4.78 is 11.0. The standard InChI is InChI=1S/C14H17ClN2O4/c1-3-20-13-8(7(2)18)4-10(15)9(5-16)12(13)11-6-17-14(19)21-11/h4,7,11,14,17-19H,3,6H2,1-2H3. The van der Waals surface area contributed by atoms with Gasteiger partial charge in [0.05, 0.1) is 23.3 Å². The van der Waals surface area contributed by atoms with Crippen LogP contribution < -0.4 is 10.1 Å². The lowest BCUT2D eigenvalue weighted by Crippen LogP contribution is -2.20. The fourth-order valence-corrected chi connectivity index (χ4v) is 2.60. The molecule has 1 heterocycles. The van der Waals surface area contributed by atoms with Crippen LogP contribution in [0.2, 0.25) is 5.02 Å². The normalized spacial score (nSPS) is 22.9. The Balaban J connectivity index is 2.65. The van der Waals surface area contributed by atoms with Crippen molar-refractivity contribution in [2.45, 2.75) is 32.5 Å². The van der Waals surface area contributed by atoms with Crippen LogP contribution in [-0.2, 0) is 4.74 Å². The van der Waals surface area contributed by atoms with E-state index in [9.17, 15) is 15.5 Å². The molecule has 0 amide bonds. The van der Waals surface area contributed by atoms with E-state index >= 15 is 0 Å². The molecule has 0 bridgehead atoms. The monoisotopic (exact) mass is 312 g/mol. The van der Waals surface area contributed by atoms with Gasteiger partial charge in [-0.1, -0.05) is 11.6 Å². The predicted octanol–water partition coefficient (Wildman–Crippen LogP) is 1.60. The maximum absolute atomic E-state index is 9.91. The molecule has 1 saturated heterocycles. The maximum Gasteiger partial charge on any atom is 0.214 e. The van der Waals surface area contributed by atoms with Gasteiger partial charge in [0.2, 0.25) is 6.41 Å². The minimum atomic E-state index is -1.11. The molecule has 3 unspecified atom stereocenters. The van der Waals surface area contributed by atoms with Crippen LogP contribution in [0, 0.1) is 11.3 Å². The van der Waals surface area contributed by atoms with Crippen molar-refractivity contribution in [2.24, 2.45) is 0 Å². The molecule has 114 valence electrons. The van der Waals surface area contributed by atoms with Crippen LogP contribution in [0.3, 0.4) is 0 Å². The zero-order chi connectivity index (χ0) is 15.6. The van der Waals surface area contributed by atoms with Crippen LogP contribution in [0.25, 0.3) is 0 Å². The van der Waals surface area contributed by atoms with Crippen LogP contribution in [0.15, 0.2) is 6.07 Å². The Morgan fingerprint density at radius 3 is 2.86 bits per heavy atom. The second-order valence-electron chi connectivity index (χ2n) is 4.67. The van der Waals surface area contributed by atoms with E-state index in [1.807, 2.05) is 6.07 Å². The van der Waals surface area contributed by atoms with E-state index in [-0.39, 0.29) is 10.6 Å². The first-order valence-corrected chi connectivity index (χ1v) is 7.01. The van der Waals surface area contributed by atoms with Crippen molar-refractivity contribution in [3.63, 3.8) is 0 Å². The Morgan fingerprint density at radius 2 is 2.38 bits per heavy atom. The van der Waals surface area contributed by atoms with Gasteiger partial charge in [0.25, 0.3) is 0 Å². The molecular formula is C14H17ClN2O4. The van der Waals surface area contributed by atoms with Gasteiger partial charge >= 0.3 is 0 Å². The summed E-state index contributed by atoms with van der Waals surface area (Å²) in [5.41, 5.74) is 1.16. The molecule has 1 aliphatic rings. The van der Waals surface area contributed by atoms with Gasteiger partial charge in [-0.3, -0.25) is 5.32 Å². The van der Waals surface area contributed by atoms with E-state index in [1.165, 1.54) is 6.07 Å². The third kappa shape index (κ3) is 3.12. The number of aliphatic hydroxyl groups excluding tert-OH is 2. The first-order chi connectivity index (χ1) is 9.99. The second-order valence-corrected chi connectivity index (χ2v) is 5.08. The van der Waals surface area contributed by atoms with E-state index in [2.05, 4.69) is 5.32 Å². The maximum atomic E-state index is 9.91. The minimum absolute atomic E-state index is 0.219. The molecular weight excluding hydrogens is 296 g/mol. The summed E-state index contributed by atoms with van der Waals surface area (Å²) in [7, 11) is 0. The Hall–Kier alpha value is -1.36. The molecule has 7 heteroatoms. The first-order valence-electron chi connectivity index (χ1n) is 6.63. The molecule has 0 spiro atoms. The number of ether oxygens (including phenoxy) is 2. The van der Waals surface area contributed by atoms with Crippen molar-refractivity contribution in [1.29, 1.82) is 5.26 Å². The third-order valence-electron chi connectivity index (χ3n) is 3.24. The Bertz CT molecular complexity index is 571. The van der Waals surface area contributed by atoms with Gasteiger partial charge in [-0.15, -0.1) is 0 Å². The van der Waals surface area contributed by atoms with E-state index in [0.29, 0.717) is 30.0 Å². The van der Waals surface area contributed by atoms with Crippen molar-refractivity contribution < 1.29 is 19.7 Å². The molecule has 2 rings (SSSR count). The molecule has 21 heavy (non-hydrogen) atoms. The van der Waals surface area contributed by atoms with E-state index in [4.69, 9.17) is 21.1 Å². The van der Waals surface area contributed by atoms with Gasteiger partial charge in [-0.25, -0.2) is 0 Å². The zero-order valence-electron chi connectivity index (χ0n) is 11.8. The highest BCUT2D eigenvalue weighted by atomic mass is 35.5. The van der Waals surface area contributed by atoms with Gasteiger partial charge in [0.1, 0.15) is 17.9 Å². The molecule has 6 nitrogen and oxygen atoms in total. The van der Waals surface area contributed by atoms with Gasteiger partial charge < -0.3 is 19.7 Å². The highest BCUT2D eigenvalue weighted by Crippen LogP contribution is 2.41. The van der Waals surface area contributed by atoms with Gasteiger partial charge in [0.15, 0.2) is 0 Å². The molecule has 3 atom stereocenters. The van der Waals surface area contributed by atoms with Crippen molar-refractivity contribution in [3.8, 4) is 11.8 Å². The molecule has 3 N–H and O–H groups in total. The number of nitrogens with zero attached hydrogens (tertiary/aromatic N) is 1. The Labute approximate surface area is 127 Å². The molecule has 1 aromatic carbocycles. The number of nitrogens with one attached hydrogen (secondary N) is 1. The smallest absolute Gasteiger partial charge is 0.214 e. The number of hydrogen-bond acceptors (Lipinski definition) is 6. The number of hydrogen-bond donors (Lipinski definition) is 3. The number of aliphatic hydroxyl groups is 2. The summed E-state index contributed by atoms with van der Waals surface area (Å²) in [6.45, 7) is 4.07. The van der Waals surface area contributed by atoms with Crippen LogP contribution in [0.1, 0.15) is 42.7 Å². The minimum Gasteiger partial charge on any atom is -0.493 e. The van der Waals surface area contributed by atoms with Crippen LogP contribution in [0.4, 0.5) is 0 Å². The SMILES string of the molecule is CCOc1c(C(C)O)cc(Cl)c(C#N)c1C1CNC(O)O1. The summed E-state index contributed by atoms with van der Waals surface area (Å²) in [4.78, 5) is 0. The third-order valence-corrected chi connectivity index (χ3v) is 3.54. The van der Waals surface area contributed by atoms with Crippen molar-refractivity contribution in [2.75, 3.05) is 13.2 Å². The summed E-state index contributed by atoms with van der Waals surface area (Å²) >= 11 is 6.14. The highest BCUT2D eigenvalue weighted by Gasteiger charge is 2.32. The van der Waals surface area contributed by atoms with E-state index in [1.54, 1.807) is 13.8 Å². The Kier molecular flexibility index (Phi) is 5.04. The number of benzene rings is 1. The van der Waals surface area contributed by atoms with Crippen LogP contribution >= 0.6 is 11.6 Å². The topological polar surface area (TPSA) is 94.7 Å². The van der Waals surface area contributed by atoms with Crippen molar-refractivity contribution in [3.05, 3.63) is 27.8 Å². The lowest BCUT2D eigenvalue weighted by atomic mass is 9.96. The lowest BCUT2D eigenvalue weighted by molar-refractivity contribution is -0.101. The fourth-order valence-electron chi connectivity index (χ4n) is 2.34. The summed E-state index contributed by atoms with van der Waals surface area (Å²) in [6.07, 6.45) is -2.49. The summed E-state index contributed by atoms with van der Waals surface area (Å²) in [5, 5.41) is 31.7. The van der Waals surface area contributed by atoms with E-state index in [0.717, 1.165) is 0 Å². The van der Waals surface area contributed by atoms with Gasteiger partial charge in [0, 0.05) is 17.7 Å². The number of nitriles is 1. The molecule has 0 aliphatic carbocycles. The molecule has 0 aromatic heterocycles. The molecule has 0 saturated carbocycles.